The maximum Gasteiger partial charge on any atom is 0.406 e. The Kier molecular flexibility index (Phi) is 4.93. The van der Waals surface area contributed by atoms with Gasteiger partial charge in [-0.1, -0.05) is 6.92 Å². The Hall–Kier alpha value is -2.11. The van der Waals surface area contributed by atoms with Gasteiger partial charge in [-0.25, -0.2) is 4.79 Å². The summed E-state index contributed by atoms with van der Waals surface area (Å²) in [6.07, 6.45) is -0.983. The number of methoxy groups -OCH3 is 1. The first-order valence-electron chi connectivity index (χ1n) is 5.16. The normalized spacial score (nSPS) is 12.4. The molecule has 1 aromatic rings. The molecule has 0 aliphatic heterocycles. The van der Waals surface area contributed by atoms with Crippen molar-refractivity contribution in [3.05, 3.63) is 24.3 Å². The summed E-state index contributed by atoms with van der Waals surface area (Å²) < 4.78 is 9.73. The lowest BCUT2D eigenvalue weighted by atomic mass is 10.3. The summed E-state index contributed by atoms with van der Waals surface area (Å²) in [6.45, 7) is 1.82. The second kappa shape index (κ2) is 6.47. The third-order valence-corrected chi connectivity index (χ3v) is 1.98. The van der Waals surface area contributed by atoms with E-state index in [1.54, 1.807) is 31.4 Å². The number of nitrogens with zero attached hydrogens (tertiary/aromatic N) is 2. The number of hydrogen-bond donors (Lipinski definition) is 1. The van der Waals surface area contributed by atoms with Gasteiger partial charge in [0, 0.05) is 6.42 Å². The summed E-state index contributed by atoms with van der Waals surface area (Å²) in [5, 5.41) is 7.81. The number of ether oxygens (including phenoxy) is 2. The Morgan fingerprint density at radius 2 is 2.06 bits per heavy atom. The monoisotopic (exact) mass is 237 g/mol. The van der Waals surface area contributed by atoms with Gasteiger partial charge in [0.2, 0.25) is 6.23 Å². The van der Waals surface area contributed by atoms with Gasteiger partial charge in [-0.05, 0) is 24.3 Å². The van der Waals surface area contributed by atoms with E-state index >= 15 is 0 Å². The van der Waals surface area contributed by atoms with Crippen LogP contribution in [0.4, 0.5) is 10.5 Å². The van der Waals surface area contributed by atoms with Crippen LogP contribution in [0.5, 0.6) is 5.75 Å². The van der Waals surface area contributed by atoms with Crippen LogP contribution in [-0.2, 0) is 4.74 Å². The highest BCUT2D eigenvalue weighted by Gasteiger charge is 2.07. The van der Waals surface area contributed by atoms with E-state index in [2.05, 4.69) is 10.2 Å². The highest BCUT2D eigenvalue weighted by atomic mass is 16.6. The Balaban J connectivity index is 2.64. The summed E-state index contributed by atoms with van der Waals surface area (Å²) in [6, 6.07) is 7.03. The predicted octanol–water partition coefficient (Wildman–Crippen LogP) is 2.61. The highest BCUT2D eigenvalue weighted by Crippen LogP contribution is 2.18. The molecule has 1 rings (SSSR count). The molecule has 0 fully saturated rings. The van der Waals surface area contributed by atoms with E-state index in [9.17, 15) is 4.79 Å². The number of amides is 1. The van der Waals surface area contributed by atoms with Crippen LogP contribution in [-0.4, -0.2) is 19.4 Å². The second-order valence-corrected chi connectivity index (χ2v) is 3.21. The zero-order chi connectivity index (χ0) is 12.7. The number of hydrogen-bond acceptors (Lipinski definition) is 5. The van der Waals surface area contributed by atoms with Crippen LogP contribution in [0, 0.1) is 0 Å². The smallest absolute Gasteiger partial charge is 0.406 e. The second-order valence-electron chi connectivity index (χ2n) is 3.21. The minimum atomic E-state index is -0.856. The third-order valence-electron chi connectivity index (χ3n) is 1.98. The molecule has 0 aromatic heterocycles. The fourth-order valence-corrected chi connectivity index (χ4v) is 1.10. The minimum Gasteiger partial charge on any atom is -0.497 e. The molecule has 0 aliphatic carbocycles. The van der Waals surface area contributed by atoms with Crippen LogP contribution in [0.15, 0.2) is 34.5 Å². The molecule has 2 N–H and O–H groups in total. The van der Waals surface area contributed by atoms with Crippen molar-refractivity contribution in [1.29, 1.82) is 0 Å². The fourth-order valence-electron chi connectivity index (χ4n) is 1.10. The Labute approximate surface area is 99.4 Å². The van der Waals surface area contributed by atoms with Crippen molar-refractivity contribution in [3.8, 4) is 5.75 Å². The SMILES string of the molecule is CCC(N=Nc1ccc(OC)cc1)OC(N)=O. The molecule has 0 heterocycles. The van der Waals surface area contributed by atoms with E-state index in [0.717, 1.165) is 5.75 Å². The zero-order valence-electron chi connectivity index (χ0n) is 9.79. The number of primary amides is 1. The molecule has 92 valence electrons. The average molecular weight is 237 g/mol. The van der Waals surface area contributed by atoms with E-state index in [4.69, 9.17) is 15.2 Å². The first-order chi connectivity index (χ1) is 8.15. The molecule has 1 aromatic carbocycles. The molecule has 1 amide bonds. The highest BCUT2D eigenvalue weighted by molar-refractivity contribution is 5.64. The van der Waals surface area contributed by atoms with Gasteiger partial charge in [0.25, 0.3) is 0 Å². The minimum absolute atomic E-state index is 0.516. The quantitative estimate of drug-likeness (QED) is 0.798. The third kappa shape index (κ3) is 4.50. The van der Waals surface area contributed by atoms with E-state index in [1.165, 1.54) is 0 Å². The summed E-state index contributed by atoms with van der Waals surface area (Å²) in [7, 11) is 1.59. The standard InChI is InChI=1S/C11H15N3O3/c1-3-10(17-11(12)15)14-13-8-4-6-9(16-2)7-5-8/h4-7,10H,3H2,1-2H3,(H2,12,15). The van der Waals surface area contributed by atoms with E-state index < -0.39 is 12.3 Å². The van der Waals surface area contributed by atoms with Gasteiger partial charge < -0.3 is 15.2 Å². The van der Waals surface area contributed by atoms with E-state index in [1.807, 2.05) is 6.92 Å². The number of nitrogens with two attached hydrogens (primary N) is 1. The number of rotatable bonds is 5. The molecule has 0 aliphatic rings. The predicted molar refractivity (Wildman–Crippen MR) is 62.3 cm³/mol. The van der Waals surface area contributed by atoms with E-state index in [-0.39, 0.29) is 0 Å². The lowest BCUT2D eigenvalue weighted by Gasteiger charge is -2.07. The molecule has 0 bridgehead atoms. The van der Waals surface area contributed by atoms with Crippen molar-refractivity contribution in [2.45, 2.75) is 19.6 Å². The number of azo groups is 1. The van der Waals surface area contributed by atoms with Crippen LogP contribution in [0.25, 0.3) is 0 Å². The fraction of sp³-hybridized carbons (Fsp3) is 0.364. The molecule has 0 spiro atoms. The maximum absolute atomic E-state index is 10.5. The molecule has 17 heavy (non-hydrogen) atoms. The van der Waals surface area contributed by atoms with Crippen LogP contribution in [0.3, 0.4) is 0 Å². The topological polar surface area (TPSA) is 86.3 Å². The molecule has 0 saturated heterocycles. The van der Waals surface area contributed by atoms with Crippen molar-refractivity contribution >= 4 is 11.8 Å². The molecule has 0 radical (unpaired) electrons. The summed E-state index contributed by atoms with van der Waals surface area (Å²) >= 11 is 0. The molecule has 0 saturated carbocycles. The summed E-state index contributed by atoms with van der Waals surface area (Å²) in [5.41, 5.74) is 5.55. The Bertz CT molecular complexity index is 389. The summed E-state index contributed by atoms with van der Waals surface area (Å²) in [4.78, 5) is 10.5. The van der Waals surface area contributed by atoms with Gasteiger partial charge in [-0.2, -0.15) is 5.11 Å². The van der Waals surface area contributed by atoms with Gasteiger partial charge in [-0.3, -0.25) is 0 Å². The number of carbonyl (C=O) groups excluding carboxylic acids is 1. The van der Waals surface area contributed by atoms with E-state index in [0.29, 0.717) is 12.1 Å². The maximum atomic E-state index is 10.5. The molecular weight excluding hydrogens is 222 g/mol. The lowest BCUT2D eigenvalue weighted by molar-refractivity contribution is 0.105. The van der Waals surface area contributed by atoms with Crippen molar-refractivity contribution in [3.63, 3.8) is 0 Å². The number of benzene rings is 1. The van der Waals surface area contributed by atoms with Crippen molar-refractivity contribution in [2.75, 3.05) is 7.11 Å². The first-order valence-corrected chi connectivity index (χ1v) is 5.16. The summed E-state index contributed by atoms with van der Waals surface area (Å²) in [5.74, 6) is 0.740. The van der Waals surface area contributed by atoms with Crippen LogP contribution >= 0.6 is 0 Å². The largest absolute Gasteiger partial charge is 0.497 e. The van der Waals surface area contributed by atoms with Crippen molar-refractivity contribution in [1.82, 2.24) is 0 Å². The Morgan fingerprint density at radius 3 is 2.53 bits per heavy atom. The average Bonchev–Trinajstić information content (AvgIpc) is 2.34. The van der Waals surface area contributed by atoms with Gasteiger partial charge >= 0.3 is 6.09 Å². The first kappa shape index (κ1) is 13.0. The zero-order valence-corrected chi connectivity index (χ0v) is 9.79. The van der Waals surface area contributed by atoms with Crippen molar-refractivity contribution in [2.24, 2.45) is 16.0 Å². The molecule has 1 unspecified atom stereocenters. The molecule has 6 heteroatoms. The van der Waals surface area contributed by atoms with Gasteiger partial charge in [0.1, 0.15) is 5.75 Å². The van der Waals surface area contributed by atoms with Crippen LogP contribution < -0.4 is 10.5 Å². The lowest BCUT2D eigenvalue weighted by Crippen LogP contribution is -2.20. The van der Waals surface area contributed by atoms with Gasteiger partial charge in [0.05, 0.1) is 12.8 Å². The van der Waals surface area contributed by atoms with Crippen LogP contribution in [0.1, 0.15) is 13.3 Å². The number of carbonyl (C=O) groups is 1. The molecule has 1 atom stereocenters. The van der Waals surface area contributed by atoms with Gasteiger partial charge in [0.15, 0.2) is 0 Å². The Morgan fingerprint density at radius 1 is 1.41 bits per heavy atom. The molecular formula is C11H15N3O3. The van der Waals surface area contributed by atoms with Crippen LogP contribution in [0.2, 0.25) is 0 Å². The van der Waals surface area contributed by atoms with Gasteiger partial charge in [-0.15, -0.1) is 5.11 Å². The van der Waals surface area contributed by atoms with Crippen molar-refractivity contribution < 1.29 is 14.3 Å². The molecule has 6 nitrogen and oxygen atoms in total.